The topological polar surface area (TPSA) is 64.6 Å². The molecule has 0 unspecified atom stereocenters. The van der Waals surface area contributed by atoms with E-state index in [2.05, 4.69) is 5.32 Å². The highest BCUT2D eigenvalue weighted by molar-refractivity contribution is 6.30. The molecule has 28 heavy (non-hydrogen) atoms. The molecule has 0 spiro atoms. The first-order chi connectivity index (χ1) is 13.0. The second-order valence-corrected chi connectivity index (χ2v) is 6.35. The number of alkyl halides is 3. The summed E-state index contributed by atoms with van der Waals surface area (Å²) in [7, 11) is 1.44. The number of carbonyl (C=O) groups is 2. The number of benzene rings is 2. The molecule has 0 bridgehead atoms. The number of nitrogens with one attached hydrogen (secondary N) is 1. The molecular weight excluding hydrogens is 399 g/mol. The largest absolute Gasteiger partial charge is 0.496 e. The molecule has 0 saturated carbocycles. The molecule has 150 valence electrons. The lowest BCUT2D eigenvalue weighted by molar-refractivity contribution is -0.137. The Morgan fingerprint density at radius 1 is 1.14 bits per heavy atom. The van der Waals surface area contributed by atoms with Gasteiger partial charge in [0.25, 0.3) is 5.91 Å². The molecule has 0 aliphatic rings. The lowest BCUT2D eigenvalue weighted by Gasteiger charge is -2.17. The third kappa shape index (κ3) is 5.16. The summed E-state index contributed by atoms with van der Waals surface area (Å²) in [5.41, 5.74) is -0.645. The van der Waals surface area contributed by atoms with Gasteiger partial charge in [-0.3, -0.25) is 4.79 Å². The molecule has 1 atom stereocenters. The number of ether oxygens (including phenoxy) is 2. The van der Waals surface area contributed by atoms with Crippen molar-refractivity contribution in [2.75, 3.05) is 12.4 Å². The summed E-state index contributed by atoms with van der Waals surface area (Å²) in [6, 6.07) is 7.52. The van der Waals surface area contributed by atoms with Crippen LogP contribution in [0.3, 0.4) is 0 Å². The number of halogens is 4. The third-order valence-corrected chi connectivity index (χ3v) is 4.08. The van der Waals surface area contributed by atoms with Crippen LogP contribution in [0.5, 0.6) is 5.75 Å². The Kier molecular flexibility index (Phi) is 6.56. The first-order valence-corrected chi connectivity index (χ1v) is 8.44. The number of anilines is 1. The molecule has 0 aliphatic carbocycles. The summed E-state index contributed by atoms with van der Waals surface area (Å²) in [5, 5.41) is 1.99. The van der Waals surface area contributed by atoms with Gasteiger partial charge in [0.05, 0.1) is 23.9 Å². The van der Waals surface area contributed by atoms with E-state index >= 15 is 0 Å². The Morgan fingerprint density at radius 2 is 1.82 bits per heavy atom. The predicted octanol–water partition coefficient (Wildman–Crippen LogP) is 4.86. The van der Waals surface area contributed by atoms with E-state index in [0.29, 0.717) is 11.8 Å². The van der Waals surface area contributed by atoms with Crippen LogP contribution >= 0.6 is 11.6 Å². The van der Waals surface area contributed by atoms with Crippen LogP contribution in [0.25, 0.3) is 0 Å². The Bertz CT molecular complexity index is 899. The van der Waals surface area contributed by atoms with E-state index in [4.69, 9.17) is 21.1 Å². The monoisotopic (exact) mass is 415 g/mol. The van der Waals surface area contributed by atoms with Gasteiger partial charge >= 0.3 is 12.1 Å². The molecule has 0 aliphatic heterocycles. The zero-order valence-electron chi connectivity index (χ0n) is 15.2. The molecule has 2 aromatic rings. The second kappa shape index (κ2) is 8.52. The van der Waals surface area contributed by atoms with Crippen LogP contribution in [0.15, 0.2) is 36.4 Å². The minimum Gasteiger partial charge on any atom is -0.496 e. The van der Waals surface area contributed by atoms with Crippen LogP contribution in [-0.2, 0) is 15.7 Å². The van der Waals surface area contributed by atoms with Crippen LogP contribution in [0, 0.1) is 6.92 Å². The maximum Gasteiger partial charge on any atom is 0.418 e. The molecule has 2 aromatic carbocycles. The fourth-order valence-electron chi connectivity index (χ4n) is 2.32. The van der Waals surface area contributed by atoms with Crippen molar-refractivity contribution in [3.8, 4) is 5.75 Å². The number of rotatable bonds is 5. The normalized spacial score (nSPS) is 12.2. The number of hydrogen-bond acceptors (Lipinski definition) is 4. The Labute approximate surface area is 164 Å². The summed E-state index contributed by atoms with van der Waals surface area (Å²) >= 11 is 5.60. The number of aryl methyl sites for hydroxylation is 1. The summed E-state index contributed by atoms with van der Waals surface area (Å²) in [5.74, 6) is -1.27. The van der Waals surface area contributed by atoms with Gasteiger partial charge in [0.2, 0.25) is 0 Å². The van der Waals surface area contributed by atoms with Gasteiger partial charge in [-0.25, -0.2) is 4.79 Å². The van der Waals surface area contributed by atoms with Gasteiger partial charge < -0.3 is 14.8 Å². The maximum absolute atomic E-state index is 13.1. The third-order valence-electron chi connectivity index (χ3n) is 3.84. The SMILES string of the molecule is COc1cc(C(=O)O[C@@H](C)C(=O)Nc2ccc(Cl)cc2C(F)(F)F)ccc1C. The number of amides is 1. The number of hydrogen-bond donors (Lipinski definition) is 1. The molecule has 1 amide bonds. The van der Waals surface area contributed by atoms with Gasteiger partial charge in [0.15, 0.2) is 6.10 Å². The lowest BCUT2D eigenvalue weighted by atomic mass is 10.1. The van der Waals surface area contributed by atoms with E-state index in [1.165, 1.54) is 32.2 Å². The highest BCUT2D eigenvalue weighted by Crippen LogP contribution is 2.36. The van der Waals surface area contributed by atoms with Gasteiger partial charge in [0, 0.05) is 5.02 Å². The number of esters is 1. The molecule has 0 saturated heterocycles. The highest BCUT2D eigenvalue weighted by Gasteiger charge is 2.34. The van der Waals surface area contributed by atoms with Crippen molar-refractivity contribution < 1.29 is 32.2 Å². The molecule has 9 heteroatoms. The van der Waals surface area contributed by atoms with Crippen LogP contribution in [0.1, 0.15) is 28.4 Å². The molecule has 0 heterocycles. The highest BCUT2D eigenvalue weighted by atomic mass is 35.5. The quantitative estimate of drug-likeness (QED) is 0.708. The first-order valence-electron chi connectivity index (χ1n) is 8.06. The van der Waals surface area contributed by atoms with Crippen molar-refractivity contribution in [3.05, 3.63) is 58.1 Å². The van der Waals surface area contributed by atoms with Gasteiger partial charge in [-0.1, -0.05) is 17.7 Å². The summed E-state index contributed by atoms with van der Waals surface area (Å²) in [6.45, 7) is 3.04. The number of carbonyl (C=O) groups excluding carboxylic acids is 2. The van der Waals surface area contributed by atoms with Crippen molar-refractivity contribution >= 4 is 29.2 Å². The average molecular weight is 416 g/mol. The smallest absolute Gasteiger partial charge is 0.418 e. The van der Waals surface area contributed by atoms with Crippen LogP contribution in [0.4, 0.5) is 18.9 Å². The van der Waals surface area contributed by atoms with E-state index in [1.807, 2.05) is 0 Å². The minimum absolute atomic E-state index is 0.127. The van der Waals surface area contributed by atoms with Crippen molar-refractivity contribution in [2.45, 2.75) is 26.1 Å². The van der Waals surface area contributed by atoms with Gasteiger partial charge in [0.1, 0.15) is 5.75 Å². The van der Waals surface area contributed by atoms with E-state index in [0.717, 1.165) is 11.6 Å². The van der Waals surface area contributed by atoms with Gasteiger partial charge in [-0.05, 0) is 49.7 Å². The van der Waals surface area contributed by atoms with Crippen molar-refractivity contribution in [2.24, 2.45) is 0 Å². The number of methoxy groups -OCH3 is 1. The predicted molar refractivity (Wildman–Crippen MR) is 97.7 cm³/mol. The minimum atomic E-state index is -4.72. The first kappa shape index (κ1) is 21.6. The van der Waals surface area contributed by atoms with Crippen molar-refractivity contribution in [1.29, 1.82) is 0 Å². The standard InChI is InChI=1S/C19H17ClF3NO4/c1-10-4-5-12(8-16(10)27-3)18(26)28-11(2)17(25)24-15-7-6-13(20)9-14(15)19(21,22)23/h4-9,11H,1-3H3,(H,24,25)/t11-/m0/s1. The Balaban J connectivity index is 2.13. The molecule has 2 rings (SSSR count). The van der Waals surface area contributed by atoms with E-state index < -0.39 is 35.4 Å². The average Bonchev–Trinajstić information content (AvgIpc) is 2.62. The summed E-state index contributed by atoms with van der Waals surface area (Å²) in [4.78, 5) is 24.4. The van der Waals surface area contributed by atoms with Gasteiger partial charge in [-0.2, -0.15) is 13.2 Å². The van der Waals surface area contributed by atoms with E-state index in [-0.39, 0.29) is 10.6 Å². The molecular formula is C19H17ClF3NO4. The lowest BCUT2D eigenvalue weighted by Crippen LogP contribution is -2.30. The Hall–Kier alpha value is -2.74. The van der Waals surface area contributed by atoms with Gasteiger partial charge in [-0.15, -0.1) is 0 Å². The summed E-state index contributed by atoms with van der Waals surface area (Å²) < 4.78 is 49.5. The molecule has 0 fully saturated rings. The van der Waals surface area contributed by atoms with Crippen LogP contribution in [-0.4, -0.2) is 25.1 Å². The zero-order valence-corrected chi connectivity index (χ0v) is 15.9. The van der Waals surface area contributed by atoms with Crippen molar-refractivity contribution in [1.82, 2.24) is 0 Å². The second-order valence-electron chi connectivity index (χ2n) is 5.91. The van der Waals surface area contributed by atoms with Crippen molar-refractivity contribution in [3.63, 3.8) is 0 Å². The van der Waals surface area contributed by atoms with E-state index in [9.17, 15) is 22.8 Å². The van der Waals surface area contributed by atoms with Crippen LogP contribution in [0.2, 0.25) is 5.02 Å². The van der Waals surface area contributed by atoms with Crippen LogP contribution < -0.4 is 10.1 Å². The fraction of sp³-hybridized carbons (Fsp3) is 0.263. The van der Waals surface area contributed by atoms with E-state index in [1.54, 1.807) is 13.0 Å². The fourth-order valence-corrected chi connectivity index (χ4v) is 2.50. The summed E-state index contributed by atoms with van der Waals surface area (Å²) in [6.07, 6.45) is -6.05. The zero-order chi connectivity index (χ0) is 21.1. The molecule has 1 N–H and O–H groups in total. The Morgan fingerprint density at radius 3 is 2.43 bits per heavy atom. The maximum atomic E-state index is 13.1. The molecule has 0 aromatic heterocycles. The molecule has 0 radical (unpaired) electrons. The molecule has 5 nitrogen and oxygen atoms in total.